The van der Waals surface area contributed by atoms with Gasteiger partial charge < -0.3 is 10.2 Å². The number of hydrogen-bond donors (Lipinski definition) is 1. The van der Waals surface area contributed by atoms with E-state index in [4.69, 9.17) is 0 Å². The van der Waals surface area contributed by atoms with Gasteiger partial charge in [0.25, 0.3) is 0 Å². The zero-order valence-corrected chi connectivity index (χ0v) is 11.0. The van der Waals surface area contributed by atoms with E-state index in [2.05, 4.69) is 49.9 Å². The molecule has 0 aromatic carbocycles. The van der Waals surface area contributed by atoms with Gasteiger partial charge in [0.2, 0.25) is 0 Å². The summed E-state index contributed by atoms with van der Waals surface area (Å²) in [5.74, 6) is 0. The Bertz CT molecular complexity index is 181. The predicted molar refractivity (Wildman–Crippen MR) is 66.3 cm³/mol. The Balaban J connectivity index is 2.39. The number of hydrogen-bond acceptors (Lipinski definition) is 3. The van der Waals surface area contributed by atoms with Gasteiger partial charge in [-0.25, -0.2) is 0 Å². The molecular formula is C12H27N3. The molecule has 0 aromatic heterocycles. The lowest BCUT2D eigenvalue weighted by Gasteiger charge is -2.43. The lowest BCUT2D eigenvalue weighted by atomic mass is 10.0. The van der Waals surface area contributed by atoms with Gasteiger partial charge in [0.1, 0.15) is 0 Å². The molecule has 1 rings (SSSR count). The van der Waals surface area contributed by atoms with Crippen LogP contribution in [0.2, 0.25) is 0 Å². The van der Waals surface area contributed by atoms with Crippen molar-refractivity contribution < 1.29 is 0 Å². The molecule has 1 heterocycles. The molecular weight excluding hydrogens is 186 g/mol. The average molecular weight is 213 g/mol. The maximum Gasteiger partial charge on any atom is 0.0278 e. The lowest BCUT2D eigenvalue weighted by molar-refractivity contribution is 0.0608. The zero-order valence-electron chi connectivity index (χ0n) is 11.0. The van der Waals surface area contributed by atoms with Gasteiger partial charge in [-0.05, 0) is 20.9 Å². The van der Waals surface area contributed by atoms with Crippen molar-refractivity contribution in [3.63, 3.8) is 0 Å². The topological polar surface area (TPSA) is 18.5 Å². The number of nitrogens with zero attached hydrogens (tertiary/aromatic N) is 2. The van der Waals surface area contributed by atoms with E-state index in [1.807, 2.05) is 0 Å². The molecule has 1 fully saturated rings. The number of nitrogens with one attached hydrogen (secondary N) is 1. The second-order valence-electron chi connectivity index (χ2n) is 5.64. The molecule has 0 bridgehead atoms. The zero-order chi connectivity index (χ0) is 11.5. The van der Waals surface area contributed by atoms with Gasteiger partial charge in [0.15, 0.2) is 0 Å². The van der Waals surface area contributed by atoms with Crippen LogP contribution in [0.4, 0.5) is 0 Å². The summed E-state index contributed by atoms with van der Waals surface area (Å²) in [6.07, 6.45) is 0. The highest BCUT2D eigenvalue weighted by Gasteiger charge is 2.28. The molecule has 0 amide bonds. The van der Waals surface area contributed by atoms with Gasteiger partial charge in [-0.1, -0.05) is 13.8 Å². The first-order chi connectivity index (χ1) is 6.92. The fourth-order valence-corrected chi connectivity index (χ4v) is 1.98. The first-order valence-electron chi connectivity index (χ1n) is 6.09. The van der Waals surface area contributed by atoms with E-state index >= 15 is 0 Å². The Morgan fingerprint density at radius 3 is 2.13 bits per heavy atom. The van der Waals surface area contributed by atoms with Gasteiger partial charge >= 0.3 is 0 Å². The Morgan fingerprint density at radius 1 is 1.13 bits per heavy atom. The van der Waals surface area contributed by atoms with Crippen LogP contribution in [0.5, 0.6) is 0 Å². The lowest BCUT2D eigenvalue weighted by Crippen LogP contribution is -2.57. The molecule has 1 saturated heterocycles. The molecule has 90 valence electrons. The highest BCUT2D eigenvalue weighted by Crippen LogP contribution is 2.15. The van der Waals surface area contributed by atoms with Crippen LogP contribution >= 0.6 is 0 Å². The molecule has 3 nitrogen and oxygen atoms in total. The number of piperazine rings is 1. The van der Waals surface area contributed by atoms with Crippen molar-refractivity contribution in [2.45, 2.75) is 39.3 Å². The van der Waals surface area contributed by atoms with Crippen LogP contribution in [0.1, 0.15) is 27.7 Å². The van der Waals surface area contributed by atoms with Crippen molar-refractivity contribution in [3.05, 3.63) is 0 Å². The maximum absolute atomic E-state index is 3.54. The SMILES string of the molecule is CC(C)NCC(C)(C)N1CCN(C)CC1. The highest BCUT2D eigenvalue weighted by molar-refractivity contribution is 4.87. The van der Waals surface area contributed by atoms with E-state index in [9.17, 15) is 0 Å². The summed E-state index contributed by atoms with van der Waals surface area (Å²) in [5.41, 5.74) is 0.283. The van der Waals surface area contributed by atoms with Gasteiger partial charge in [-0.2, -0.15) is 0 Å². The third-order valence-corrected chi connectivity index (χ3v) is 3.30. The average Bonchev–Trinajstić information content (AvgIpc) is 2.16. The molecule has 0 radical (unpaired) electrons. The minimum Gasteiger partial charge on any atom is -0.313 e. The largest absolute Gasteiger partial charge is 0.313 e. The monoisotopic (exact) mass is 213 g/mol. The first kappa shape index (κ1) is 12.9. The smallest absolute Gasteiger partial charge is 0.0278 e. The molecule has 1 aliphatic rings. The van der Waals surface area contributed by atoms with Gasteiger partial charge in [0, 0.05) is 44.3 Å². The van der Waals surface area contributed by atoms with Crippen molar-refractivity contribution >= 4 is 0 Å². The van der Waals surface area contributed by atoms with Crippen LogP contribution in [-0.2, 0) is 0 Å². The molecule has 0 atom stereocenters. The molecule has 3 heteroatoms. The molecule has 0 aliphatic carbocycles. The highest BCUT2D eigenvalue weighted by atomic mass is 15.3. The third-order valence-electron chi connectivity index (χ3n) is 3.30. The van der Waals surface area contributed by atoms with Crippen molar-refractivity contribution in [2.24, 2.45) is 0 Å². The van der Waals surface area contributed by atoms with E-state index in [0.717, 1.165) is 6.54 Å². The molecule has 0 spiro atoms. The molecule has 0 aromatic rings. The van der Waals surface area contributed by atoms with Gasteiger partial charge in [-0.15, -0.1) is 0 Å². The Kier molecular flexibility index (Phi) is 4.56. The summed E-state index contributed by atoms with van der Waals surface area (Å²) in [6.45, 7) is 15.0. The second-order valence-corrected chi connectivity index (χ2v) is 5.64. The van der Waals surface area contributed by atoms with Crippen LogP contribution in [0.15, 0.2) is 0 Å². The molecule has 15 heavy (non-hydrogen) atoms. The summed E-state index contributed by atoms with van der Waals surface area (Å²) in [4.78, 5) is 5.00. The summed E-state index contributed by atoms with van der Waals surface area (Å²) < 4.78 is 0. The minimum absolute atomic E-state index is 0.283. The molecule has 0 saturated carbocycles. The van der Waals surface area contributed by atoms with Gasteiger partial charge in [-0.3, -0.25) is 4.90 Å². The van der Waals surface area contributed by atoms with Crippen molar-refractivity contribution in [1.29, 1.82) is 0 Å². The molecule has 1 N–H and O–H groups in total. The fraction of sp³-hybridized carbons (Fsp3) is 1.00. The Morgan fingerprint density at radius 2 is 1.67 bits per heavy atom. The van der Waals surface area contributed by atoms with E-state index in [1.165, 1.54) is 26.2 Å². The van der Waals surface area contributed by atoms with E-state index in [0.29, 0.717) is 6.04 Å². The van der Waals surface area contributed by atoms with Crippen molar-refractivity contribution in [1.82, 2.24) is 15.1 Å². The summed E-state index contributed by atoms with van der Waals surface area (Å²) in [6, 6.07) is 0.580. The van der Waals surface area contributed by atoms with Crippen LogP contribution in [0.3, 0.4) is 0 Å². The normalized spacial score (nSPS) is 21.2. The van der Waals surface area contributed by atoms with Gasteiger partial charge in [0.05, 0.1) is 0 Å². The van der Waals surface area contributed by atoms with Crippen LogP contribution in [0.25, 0.3) is 0 Å². The first-order valence-corrected chi connectivity index (χ1v) is 6.09. The standard InChI is InChI=1S/C12H27N3/c1-11(2)13-10-12(3,4)15-8-6-14(5)7-9-15/h11,13H,6-10H2,1-5H3. The summed E-state index contributed by atoms with van der Waals surface area (Å²) in [7, 11) is 2.21. The van der Waals surface area contributed by atoms with E-state index in [-0.39, 0.29) is 5.54 Å². The van der Waals surface area contributed by atoms with Crippen molar-refractivity contribution in [2.75, 3.05) is 39.8 Å². The quantitative estimate of drug-likeness (QED) is 0.752. The minimum atomic E-state index is 0.283. The van der Waals surface area contributed by atoms with Crippen LogP contribution < -0.4 is 5.32 Å². The van der Waals surface area contributed by atoms with Crippen LogP contribution in [0, 0.1) is 0 Å². The molecule has 1 aliphatic heterocycles. The summed E-state index contributed by atoms with van der Waals surface area (Å²) >= 11 is 0. The fourth-order valence-electron chi connectivity index (χ4n) is 1.98. The number of likely N-dealkylation sites (N-methyl/N-ethyl adjacent to an activating group) is 1. The number of rotatable bonds is 4. The Hall–Kier alpha value is -0.120. The second kappa shape index (κ2) is 5.28. The predicted octanol–water partition coefficient (Wildman–Crippen LogP) is 1.01. The van der Waals surface area contributed by atoms with E-state index < -0.39 is 0 Å². The van der Waals surface area contributed by atoms with E-state index in [1.54, 1.807) is 0 Å². The Labute approximate surface area is 94.8 Å². The van der Waals surface area contributed by atoms with Crippen LogP contribution in [-0.4, -0.2) is 61.2 Å². The summed E-state index contributed by atoms with van der Waals surface area (Å²) in [5, 5.41) is 3.54. The van der Waals surface area contributed by atoms with Crippen molar-refractivity contribution in [3.8, 4) is 0 Å². The molecule has 0 unspecified atom stereocenters. The third kappa shape index (κ3) is 4.09. The maximum atomic E-state index is 3.54.